The number of aryl methyl sites for hydroxylation is 1. The van der Waals surface area contributed by atoms with E-state index in [0.29, 0.717) is 22.7 Å². The lowest BCUT2D eigenvalue weighted by Gasteiger charge is -2.12. The summed E-state index contributed by atoms with van der Waals surface area (Å²) in [5.74, 6) is 0.986. The molecule has 27 heavy (non-hydrogen) atoms. The molecule has 0 aromatic heterocycles. The summed E-state index contributed by atoms with van der Waals surface area (Å²) < 4.78 is 5.88. The van der Waals surface area contributed by atoms with Crippen LogP contribution in [0.5, 0.6) is 11.5 Å². The zero-order valence-corrected chi connectivity index (χ0v) is 15.1. The number of ether oxygens (including phenoxy) is 1. The van der Waals surface area contributed by atoms with E-state index in [2.05, 4.69) is 5.32 Å². The highest BCUT2D eigenvalue weighted by molar-refractivity contribution is 6.00. The van der Waals surface area contributed by atoms with Crippen LogP contribution >= 0.6 is 0 Å². The molecule has 0 bridgehead atoms. The molecule has 3 aromatic carbocycles. The summed E-state index contributed by atoms with van der Waals surface area (Å²) in [6, 6.07) is 23.9. The maximum Gasteiger partial charge on any atom is 0.224 e. The lowest BCUT2D eigenvalue weighted by molar-refractivity contribution is -0.116. The Morgan fingerprint density at radius 2 is 1.48 bits per heavy atom. The summed E-state index contributed by atoms with van der Waals surface area (Å²) in [6.45, 7) is 2.01. The van der Waals surface area contributed by atoms with E-state index in [4.69, 9.17) is 4.74 Å². The average Bonchev–Trinajstić information content (AvgIpc) is 2.70. The van der Waals surface area contributed by atoms with Gasteiger partial charge in [0, 0.05) is 18.4 Å². The van der Waals surface area contributed by atoms with Gasteiger partial charge < -0.3 is 10.1 Å². The molecule has 3 aromatic rings. The molecule has 0 aliphatic heterocycles. The van der Waals surface area contributed by atoms with Gasteiger partial charge >= 0.3 is 0 Å². The first-order chi connectivity index (χ1) is 13.1. The van der Waals surface area contributed by atoms with Crippen molar-refractivity contribution in [2.75, 3.05) is 5.32 Å². The van der Waals surface area contributed by atoms with Gasteiger partial charge in [0.25, 0.3) is 0 Å². The first-order valence-corrected chi connectivity index (χ1v) is 8.83. The van der Waals surface area contributed by atoms with Crippen molar-refractivity contribution in [3.8, 4) is 11.5 Å². The van der Waals surface area contributed by atoms with Crippen molar-refractivity contribution < 1.29 is 14.3 Å². The molecule has 0 fully saturated rings. The Bertz CT molecular complexity index is 918. The van der Waals surface area contributed by atoms with Gasteiger partial charge in [-0.1, -0.05) is 60.2 Å². The molecule has 0 radical (unpaired) electrons. The fourth-order valence-corrected chi connectivity index (χ4v) is 2.60. The number of benzene rings is 3. The van der Waals surface area contributed by atoms with Gasteiger partial charge in [0.15, 0.2) is 11.5 Å². The predicted molar refractivity (Wildman–Crippen MR) is 106 cm³/mol. The Morgan fingerprint density at radius 1 is 0.815 bits per heavy atom. The van der Waals surface area contributed by atoms with Crippen molar-refractivity contribution in [1.82, 2.24) is 0 Å². The van der Waals surface area contributed by atoms with Crippen LogP contribution in [-0.4, -0.2) is 11.7 Å². The molecule has 0 spiro atoms. The molecule has 0 aliphatic rings. The number of anilines is 1. The first-order valence-electron chi connectivity index (χ1n) is 8.83. The smallest absolute Gasteiger partial charge is 0.224 e. The zero-order valence-electron chi connectivity index (χ0n) is 15.1. The number of ketones is 1. The van der Waals surface area contributed by atoms with Crippen LogP contribution in [0.2, 0.25) is 0 Å². The van der Waals surface area contributed by atoms with E-state index in [9.17, 15) is 9.59 Å². The van der Waals surface area contributed by atoms with Crippen LogP contribution in [0.15, 0.2) is 78.9 Å². The molecule has 4 nitrogen and oxygen atoms in total. The Labute approximate surface area is 158 Å². The normalized spacial score (nSPS) is 10.3. The Hall–Kier alpha value is -3.40. The minimum atomic E-state index is -0.223. The minimum Gasteiger partial charge on any atom is -0.455 e. The van der Waals surface area contributed by atoms with Crippen molar-refractivity contribution in [2.45, 2.75) is 19.8 Å². The third kappa shape index (κ3) is 5.28. The molecule has 0 atom stereocenters. The van der Waals surface area contributed by atoms with Crippen molar-refractivity contribution in [3.05, 3.63) is 90.0 Å². The molecule has 136 valence electrons. The molecular weight excluding hydrogens is 338 g/mol. The SMILES string of the molecule is Cc1ccc(Oc2ccccc2NC(=O)CCC(=O)c2ccccc2)cc1. The highest BCUT2D eigenvalue weighted by Crippen LogP contribution is 2.29. The summed E-state index contributed by atoms with van der Waals surface area (Å²) in [5.41, 5.74) is 2.34. The summed E-state index contributed by atoms with van der Waals surface area (Å²) >= 11 is 0. The monoisotopic (exact) mass is 359 g/mol. The van der Waals surface area contributed by atoms with E-state index in [1.807, 2.05) is 61.5 Å². The van der Waals surface area contributed by atoms with Crippen molar-refractivity contribution in [3.63, 3.8) is 0 Å². The fraction of sp³-hybridized carbons (Fsp3) is 0.130. The Morgan fingerprint density at radius 3 is 2.22 bits per heavy atom. The number of carbonyl (C=O) groups is 2. The first kappa shape index (κ1) is 18.4. The molecule has 1 amide bonds. The number of nitrogens with one attached hydrogen (secondary N) is 1. The highest BCUT2D eigenvalue weighted by Gasteiger charge is 2.11. The van der Waals surface area contributed by atoms with Gasteiger partial charge in [0.2, 0.25) is 5.91 Å². The zero-order chi connectivity index (χ0) is 19.1. The largest absolute Gasteiger partial charge is 0.455 e. The number of carbonyl (C=O) groups excluding carboxylic acids is 2. The molecule has 0 saturated heterocycles. The maximum absolute atomic E-state index is 12.3. The van der Waals surface area contributed by atoms with Gasteiger partial charge in [-0.25, -0.2) is 0 Å². The van der Waals surface area contributed by atoms with Gasteiger partial charge in [0.05, 0.1) is 5.69 Å². The second-order valence-electron chi connectivity index (χ2n) is 6.25. The highest BCUT2D eigenvalue weighted by atomic mass is 16.5. The minimum absolute atomic E-state index is 0.0464. The number of hydrogen-bond acceptors (Lipinski definition) is 3. The van der Waals surface area contributed by atoms with Crippen LogP contribution in [-0.2, 0) is 4.79 Å². The molecule has 0 saturated carbocycles. The van der Waals surface area contributed by atoms with E-state index >= 15 is 0 Å². The van der Waals surface area contributed by atoms with Crippen LogP contribution in [0.1, 0.15) is 28.8 Å². The van der Waals surface area contributed by atoms with E-state index in [0.717, 1.165) is 5.56 Å². The van der Waals surface area contributed by atoms with E-state index in [-0.39, 0.29) is 24.5 Å². The lowest BCUT2D eigenvalue weighted by atomic mass is 10.1. The third-order valence-electron chi connectivity index (χ3n) is 4.08. The predicted octanol–water partition coefficient (Wildman–Crippen LogP) is 5.39. The van der Waals surface area contributed by atoms with E-state index in [1.54, 1.807) is 24.3 Å². The summed E-state index contributed by atoms with van der Waals surface area (Å²) in [6.07, 6.45) is 0.281. The molecule has 0 unspecified atom stereocenters. The van der Waals surface area contributed by atoms with Crippen LogP contribution in [0, 0.1) is 6.92 Å². The van der Waals surface area contributed by atoms with Crippen molar-refractivity contribution in [2.24, 2.45) is 0 Å². The average molecular weight is 359 g/mol. The van der Waals surface area contributed by atoms with Crippen LogP contribution in [0.3, 0.4) is 0 Å². The van der Waals surface area contributed by atoms with Crippen LogP contribution < -0.4 is 10.1 Å². The van der Waals surface area contributed by atoms with Crippen molar-refractivity contribution in [1.29, 1.82) is 0 Å². The summed E-state index contributed by atoms with van der Waals surface area (Å²) in [4.78, 5) is 24.4. The second-order valence-corrected chi connectivity index (χ2v) is 6.25. The second kappa shape index (κ2) is 8.81. The van der Waals surface area contributed by atoms with Gasteiger partial charge in [-0.05, 0) is 31.2 Å². The van der Waals surface area contributed by atoms with Gasteiger partial charge in [-0.15, -0.1) is 0 Å². The number of rotatable bonds is 7. The van der Waals surface area contributed by atoms with Crippen molar-refractivity contribution >= 4 is 17.4 Å². The van der Waals surface area contributed by atoms with Crippen LogP contribution in [0.25, 0.3) is 0 Å². The lowest BCUT2D eigenvalue weighted by Crippen LogP contribution is -2.14. The number of hydrogen-bond donors (Lipinski definition) is 1. The quantitative estimate of drug-likeness (QED) is 0.576. The van der Waals surface area contributed by atoms with Crippen LogP contribution in [0.4, 0.5) is 5.69 Å². The molecule has 0 aliphatic carbocycles. The molecular formula is C23H21NO3. The summed E-state index contributed by atoms with van der Waals surface area (Å²) in [5, 5.41) is 2.83. The molecule has 0 heterocycles. The third-order valence-corrected chi connectivity index (χ3v) is 4.08. The molecule has 4 heteroatoms. The fourth-order valence-electron chi connectivity index (χ4n) is 2.60. The topological polar surface area (TPSA) is 55.4 Å². The van der Waals surface area contributed by atoms with E-state index in [1.165, 1.54) is 0 Å². The van der Waals surface area contributed by atoms with Gasteiger partial charge in [0.1, 0.15) is 5.75 Å². The summed E-state index contributed by atoms with van der Waals surface area (Å²) in [7, 11) is 0. The number of para-hydroxylation sites is 2. The number of amides is 1. The van der Waals surface area contributed by atoms with Gasteiger partial charge in [-0.2, -0.15) is 0 Å². The number of Topliss-reactive ketones (excluding diaryl/α,β-unsaturated/α-hetero) is 1. The molecule has 1 N–H and O–H groups in total. The Kier molecular flexibility index (Phi) is 6.00. The Balaban J connectivity index is 1.61. The van der Waals surface area contributed by atoms with Gasteiger partial charge in [-0.3, -0.25) is 9.59 Å². The maximum atomic E-state index is 12.3. The standard InChI is InChI=1S/C23H21NO3/c1-17-11-13-19(14-12-17)27-22-10-6-5-9-20(22)24-23(26)16-15-21(25)18-7-3-2-4-8-18/h2-14H,15-16H2,1H3,(H,24,26). The van der Waals surface area contributed by atoms with E-state index < -0.39 is 0 Å². The molecule has 3 rings (SSSR count).